The number of rotatable bonds is 2. The second-order valence-electron chi connectivity index (χ2n) is 4.59. The molecule has 0 radical (unpaired) electrons. The molecule has 1 N–H and O–H groups in total. The third kappa shape index (κ3) is 1.56. The van der Waals surface area contributed by atoms with Gasteiger partial charge in [0, 0.05) is 18.9 Å². The maximum Gasteiger partial charge on any atom is 0.257 e. The molecule has 3 heteroatoms. The van der Waals surface area contributed by atoms with Crippen molar-refractivity contribution in [3.8, 4) is 0 Å². The molecule has 0 unspecified atom stereocenters. The fourth-order valence-corrected chi connectivity index (χ4v) is 2.13. The summed E-state index contributed by atoms with van der Waals surface area (Å²) >= 11 is 0. The third-order valence-corrected chi connectivity index (χ3v) is 3.07. The number of aromatic amines is 1. The van der Waals surface area contributed by atoms with Crippen LogP contribution in [0.1, 0.15) is 37.9 Å². The van der Waals surface area contributed by atoms with Crippen molar-refractivity contribution in [1.82, 2.24) is 9.55 Å². The van der Waals surface area contributed by atoms with Gasteiger partial charge in [0.05, 0.1) is 10.9 Å². The van der Waals surface area contributed by atoms with Gasteiger partial charge in [-0.1, -0.05) is 20.8 Å². The Morgan fingerprint density at radius 2 is 2.12 bits per heavy atom. The SMILES string of the molecule is CCc1cc2c(c(C(C)C)cn2C)c(=O)[nH]1. The first-order valence-corrected chi connectivity index (χ1v) is 5.75. The predicted octanol–water partition coefficient (Wildman–Crippen LogP) is 2.55. The number of pyridine rings is 1. The van der Waals surface area contributed by atoms with Gasteiger partial charge >= 0.3 is 0 Å². The average Bonchev–Trinajstić information content (AvgIpc) is 2.57. The van der Waals surface area contributed by atoms with Crippen molar-refractivity contribution in [3.05, 3.63) is 33.9 Å². The van der Waals surface area contributed by atoms with Crippen LogP contribution in [-0.2, 0) is 13.5 Å². The van der Waals surface area contributed by atoms with E-state index in [4.69, 9.17) is 0 Å². The average molecular weight is 218 g/mol. The quantitative estimate of drug-likeness (QED) is 0.826. The molecule has 2 heterocycles. The molecular weight excluding hydrogens is 200 g/mol. The first-order chi connectivity index (χ1) is 7.54. The maximum absolute atomic E-state index is 12.0. The van der Waals surface area contributed by atoms with Crippen molar-refractivity contribution in [2.75, 3.05) is 0 Å². The van der Waals surface area contributed by atoms with Crippen LogP contribution in [0.15, 0.2) is 17.1 Å². The zero-order valence-electron chi connectivity index (χ0n) is 10.3. The lowest BCUT2D eigenvalue weighted by molar-refractivity contribution is 0.856. The molecule has 2 aromatic heterocycles. The van der Waals surface area contributed by atoms with E-state index in [1.807, 2.05) is 18.5 Å². The number of aromatic nitrogens is 2. The van der Waals surface area contributed by atoms with Crippen molar-refractivity contribution in [3.63, 3.8) is 0 Å². The van der Waals surface area contributed by atoms with E-state index in [0.717, 1.165) is 28.6 Å². The fourth-order valence-electron chi connectivity index (χ4n) is 2.13. The molecule has 0 saturated carbocycles. The Labute approximate surface area is 95.1 Å². The van der Waals surface area contributed by atoms with Crippen molar-refractivity contribution >= 4 is 10.9 Å². The largest absolute Gasteiger partial charge is 0.350 e. The van der Waals surface area contributed by atoms with Crippen molar-refractivity contribution in [2.24, 2.45) is 7.05 Å². The Kier molecular flexibility index (Phi) is 2.62. The van der Waals surface area contributed by atoms with Gasteiger partial charge in [-0.3, -0.25) is 4.79 Å². The first kappa shape index (κ1) is 11.0. The van der Waals surface area contributed by atoms with Crippen LogP contribution in [0.5, 0.6) is 0 Å². The minimum atomic E-state index is 0.0404. The number of H-pyrrole nitrogens is 1. The summed E-state index contributed by atoms with van der Waals surface area (Å²) in [4.78, 5) is 15.0. The highest BCUT2D eigenvalue weighted by atomic mass is 16.1. The summed E-state index contributed by atoms with van der Waals surface area (Å²) in [5, 5.41) is 0.842. The summed E-state index contributed by atoms with van der Waals surface area (Å²) in [6.45, 7) is 6.27. The molecule has 0 amide bonds. The van der Waals surface area contributed by atoms with E-state index >= 15 is 0 Å². The van der Waals surface area contributed by atoms with Gasteiger partial charge in [-0.15, -0.1) is 0 Å². The standard InChI is InChI=1S/C13H18N2O/c1-5-9-6-11-12(13(16)14-9)10(8(2)3)7-15(11)4/h6-8H,5H2,1-4H3,(H,14,16). The van der Waals surface area contributed by atoms with E-state index in [2.05, 4.69) is 31.1 Å². The summed E-state index contributed by atoms with van der Waals surface area (Å²) in [5.74, 6) is 0.372. The number of hydrogen-bond acceptors (Lipinski definition) is 1. The number of fused-ring (bicyclic) bond motifs is 1. The molecule has 0 aromatic carbocycles. The molecule has 0 bridgehead atoms. The van der Waals surface area contributed by atoms with Crippen LogP contribution in [0.2, 0.25) is 0 Å². The summed E-state index contributed by atoms with van der Waals surface area (Å²) in [6.07, 6.45) is 2.91. The number of nitrogens with zero attached hydrogens (tertiary/aromatic N) is 1. The first-order valence-electron chi connectivity index (χ1n) is 5.75. The van der Waals surface area contributed by atoms with Gasteiger partial charge < -0.3 is 9.55 Å². The van der Waals surface area contributed by atoms with Crippen LogP contribution in [0.4, 0.5) is 0 Å². The lowest BCUT2D eigenvalue weighted by Gasteiger charge is -2.02. The monoisotopic (exact) mass is 218 g/mol. The van der Waals surface area contributed by atoms with Crippen LogP contribution in [0, 0.1) is 0 Å². The Bertz CT molecular complexity index is 575. The van der Waals surface area contributed by atoms with Crippen LogP contribution >= 0.6 is 0 Å². The van der Waals surface area contributed by atoms with E-state index in [0.29, 0.717) is 5.92 Å². The molecule has 16 heavy (non-hydrogen) atoms. The molecule has 0 aliphatic carbocycles. The number of hydrogen-bond donors (Lipinski definition) is 1. The Balaban J connectivity index is 2.86. The molecule has 2 aromatic rings. The molecule has 86 valence electrons. The Hall–Kier alpha value is -1.51. The molecule has 0 aliphatic heterocycles. The molecule has 0 atom stereocenters. The summed E-state index contributed by atoms with van der Waals surface area (Å²) in [7, 11) is 1.99. The number of nitrogens with one attached hydrogen (secondary N) is 1. The van der Waals surface area contributed by atoms with Gasteiger partial charge in [-0.05, 0) is 24.0 Å². The molecule has 0 fully saturated rings. The van der Waals surface area contributed by atoms with E-state index in [1.165, 1.54) is 0 Å². The molecule has 0 spiro atoms. The van der Waals surface area contributed by atoms with E-state index < -0.39 is 0 Å². The Morgan fingerprint density at radius 1 is 1.44 bits per heavy atom. The van der Waals surface area contributed by atoms with Gasteiger partial charge in [0.2, 0.25) is 0 Å². The third-order valence-electron chi connectivity index (χ3n) is 3.07. The minimum absolute atomic E-state index is 0.0404. The van der Waals surface area contributed by atoms with E-state index in [1.54, 1.807) is 0 Å². The fraction of sp³-hybridized carbons (Fsp3) is 0.462. The smallest absolute Gasteiger partial charge is 0.257 e. The van der Waals surface area contributed by atoms with Gasteiger partial charge in [0.15, 0.2) is 0 Å². The van der Waals surface area contributed by atoms with Crippen LogP contribution in [-0.4, -0.2) is 9.55 Å². The van der Waals surface area contributed by atoms with Crippen LogP contribution in [0.25, 0.3) is 10.9 Å². The van der Waals surface area contributed by atoms with Gasteiger partial charge in [0.25, 0.3) is 5.56 Å². The maximum atomic E-state index is 12.0. The molecule has 0 saturated heterocycles. The normalized spacial score (nSPS) is 11.6. The second-order valence-corrected chi connectivity index (χ2v) is 4.59. The van der Waals surface area contributed by atoms with Gasteiger partial charge in [-0.2, -0.15) is 0 Å². The van der Waals surface area contributed by atoms with Crippen molar-refractivity contribution in [2.45, 2.75) is 33.1 Å². The molecule has 3 nitrogen and oxygen atoms in total. The lowest BCUT2D eigenvalue weighted by atomic mass is 10.0. The molecule has 2 rings (SSSR count). The van der Waals surface area contributed by atoms with Gasteiger partial charge in [-0.25, -0.2) is 0 Å². The van der Waals surface area contributed by atoms with Crippen molar-refractivity contribution < 1.29 is 0 Å². The predicted molar refractivity (Wildman–Crippen MR) is 67.0 cm³/mol. The lowest BCUT2D eigenvalue weighted by Crippen LogP contribution is -2.10. The topological polar surface area (TPSA) is 37.8 Å². The van der Waals surface area contributed by atoms with E-state index in [9.17, 15) is 4.79 Å². The highest BCUT2D eigenvalue weighted by Crippen LogP contribution is 2.24. The van der Waals surface area contributed by atoms with E-state index in [-0.39, 0.29) is 5.56 Å². The van der Waals surface area contributed by atoms with Crippen LogP contribution < -0.4 is 5.56 Å². The molecular formula is C13H18N2O. The second kappa shape index (κ2) is 3.81. The van der Waals surface area contributed by atoms with Crippen molar-refractivity contribution in [1.29, 1.82) is 0 Å². The summed E-state index contributed by atoms with van der Waals surface area (Å²) < 4.78 is 2.04. The summed E-state index contributed by atoms with van der Waals surface area (Å²) in [5.41, 5.74) is 3.19. The summed E-state index contributed by atoms with van der Waals surface area (Å²) in [6, 6.07) is 2.07. The zero-order valence-corrected chi connectivity index (χ0v) is 10.3. The van der Waals surface area contributed by atoms with Crippen LogP contribution in [0.3, 0.4) is 0 Å². The highest BCUT2D eigenvalue weighted by Gasteiger charge is 2.13. The zero-order chi connectivity index (χ0) is 11.9. The minimum Gasteiger partial charge on any atom is -0.350 e. The highest BCUT2D eigenvalue weighted by molar-refractivity contribution is 5.83. The Morgan fingerprint density at radius 3 is 2.69 bits per heavy atom. The van der Waals surface area contributed by atoms with Gasteiger partial charge in [0.1, 0.15) is 0 Å². The molecule has 0 aliphatic rings. The number of aryl methyl sites for hydroxylation is 2.